The molecule has 0 aliphatic carbocycles. The lowest BCUT2D eigenvalue weighted by molar-refractivity contribution is -0.139. The van der Waals surface area contributed by atoms with Gasteiger partial charge in [0, 0.05) is 68.3 Å². The number of carbonyl (C=O) groups excluding carboxylic acids is 1. The predicted octanol–water partition coefficient (Wildman–Crippen LogP) is 3.56. The van der Waals surface area contributed by atoms with Crippen LogP contribution in [0.2, 0.25) is 5.02 Å². The summed E-state index contributed by atoms with van der Waals surface area (Å²) >= 11 is 7.73. The van der Waals surface area contributed by atoms with Gasteiger partial charge in [0.2, 0.25) is 5.91 Å². The normalized spacial score (nSPS) is 18.4. The van der Waals surface area contributed by atoms with Crippen molar-refractivity contribution in [3.05, 3.63) is 52.7 Å². The Balaban J connectivity index is 1.23. The summed E-state index contributed by atoms with van der Waals surface area (Å²) < 4.78 is 3.33. The Bertz CT molecular complexity index is 944. The Hall–Kier alpha value is -2.00. The van der Waals surface area contributed by atoms with Crippen molar-refractivity contribution in [2.75, 3.05) is 56.0 Å². The molecule has 1 aromatic heterocycles. The van der Waals surface area contributed by atoms with E-state index in [1.54, 1.807) is 18.1 Å². The molecule has 2 aliphatic rings. The van der Waals surface area contributed by atoms with Crippen LogP contribution in [-0.4, -0.2) is 71.1 Å². The summed E-state index contributed by atoms with van der Waals surface area (Å²) in [7, 11) is 0. The molecule has 1 amide bonds. The quantitative estimate of drug-likeness (QED) is 0.577. The van der Waals surface area contributed by atoms with Crippen molar-refractivity contribution in [3.8, 4) is 0 Å². The number of hydrogen-bond acceptors (Lipinski definition) is 7. The first kappa shape index (κ1) is 24.1. The number of aromatic nitrogens is 1. The number of pyridine rings is 1. The molecule has 0 atom stereocenters. The molecule has 9 heteroatoms. The lowest BCUT2D eigenvalue weighted by Crippen LogP contribution is -2.51. The second-order valence-corrected chi connectivity index (χ2v) is 9.90. The summed E-state index contributed by atoms with van der Waals surface area (Å²) in [5.41, 5.74) is 9.27. The Morgan fingerprint density at radius 3 is 2.52 bits per heavy atom. The topological polar surface area (TPSA) is 77.7 Å². The molecule has 2 saturated heterocycles. The van der Waals surface area contributed by atoms with Gasteiger partial charge in [-0.2, -0.15) is 0 Å². The standard InChI is InChI=1S/C24H33ClN6OS/c1-33-28-22-15-21(25)3-2-20(22)17-30-10-12-31(13-11-30)24(32)19-5-8-29(9-6-19)16-18-4-7-27-23(26)14-18/h2-4,7,14-15,19,28H,5-6,8-13,16-17H2,1H3,(H2,26,27). The lowest BCUT2D eigenvalue weighted by Gasteiger charge is -2.38. The number of benzene rings is 1. The van der Waals surface area contributed by atoms with Crippen LogP contribution in [-0.2, 0) is 17.9 Å². The van der Waals surface area contributed by atoms with Gasteiger partial charge < -0.3 is 15.4 Å². The van der Waals surface area contributed by atoms with Crippen molar-refractivity contribution < 1.29 is 4.79 Å². The molecule has 1 aromatic carbocycles. The van der Waals surface area contributed by atoms with Crippen LogP contribution < -0.4 is 10.5 Å². The maximum atomic E-state index is 13.1. The summed E-state index contributed by atoms with van der Waals surface area (Å²) in [6, 6.07) is 9.95. The Kier molecular flexibility index (Phi) is 8.35. The Morgan fingerprint density at radius 1 is 1.09 bits per heavy atom. The first-order chi connectivity index (χ1) is 16.0. The molecule has 0 saturated carbocycles. The lowest BCUT2D eigenvalue weighted by atomic mass is 9.94. The maximum Gasteiger partial charge on any atom is 0.225 e. The molecule has 3 N–H and O–H groups in total. The van der Waals surface area contributed by atoms with Crippen molar-refractivity contribution in [1.29, 1.82) is 0 Å². The average Bonchev–Trinajstić information content (AvgIpc) is 2.82. The van der Waals surface area contributed by atoms with E-state index in [1.165, 1.54) is 11.1 Å². The van der Waals surface area contributed by atoms with Crippen molar-refractivity contribution >= 4 is 41.0 Å². The number of carbonyl (C=O) groups is 1. The van der Waals surface area contributed by atoms with Crippen LogP contribution in [0.1, 0.15) is 24.0 Å². The third-order valence-corrected chi connectivity index (χ3v) is 7.21. The van der Waals surface area contributed by atoms with Crippen molar-refractivity contribution in [1.82, 2.24) is 19.7 Å². The number of piperidine rings is 1. The van der Waals surface area contributed by atoms with E-state index in [4.69, 9.17) is 17.3 Å². The minimum Gasteiger partial charge on any atom is -0.384 e. The molecule has 7 nitrogen and oxygen atoms in total. The average molecular weight is 489 g/mol. The number of nitrogens with zero attached hydrogens (tertiary/aromatic N) is 4. The Morgan fingerprint density at radius 2 is 1.82 bits per heavy atom. The van der Waals surface area contributed by atoms with Gasteiger partial charge in [0.1, 0.15) is 5.82 Å². The number of nitrogens with two attached hydrogens (primary N) is 1. The van der Waals surface area contributed by atoms with Gasteiger partial charge in [-0.1, -0.05) is 29.6 Å². The fourth-order valence-electron chi connectivity index (χ4n) is 4.71. The zero-order chi connectivity index (χ0) is 23.2. The number of nitrogens with one attached hydrogen (secondary N) is 1. The van der Waals surface area contributed by atoms with Gasteiger partial charge in [0.05, 0.1) is 0 Å². The summed E-state index contributed by atoms with van der Waals surface area (Å²) in [4.78, 5) is 24.1. The van der Waals surface area contributed by atoms with E-state index >= 15 is 0 Å². The highest BCUT2D eigenvalue weighted by atomic mass is 35.5. The van der Waals surface area contributed by atoms with Crippen LogP contribution in [0.5, 0.6) is 0 Å². The van der Waals surface area contributed by atoms with E-state index in [2.05, 4.69) is 30.5 Å². The van der Waals surface area contributed by atoms with Gasteiger partial charge in [-0.3, -0.25) is 14.6 Å². The molecule has 33 heavy (non-hydrogen) atoms. The van der Waals surface area contributed by atoms with Crippen molar-refractivity contribution in [2.24, 2.45) is 5.92 Å². The molecule has 178 valence electrons. The summed E-state index contributed by atoms with van der Waals surface area (Å²) in [5.74, 6) is 1.03. The molecule has 0 unspecified atom stereocenters. The highest BCUT2D eigenvalue weighted by molar-refractivity contribution is 7.99. The third-order valence-electron chi connectivity index (χ3n) is 6.55. The number of hydrogen-bond donors (Lipinski definition) is 2. The summed E-state index contributed by atoms with van der Waals surface area (Å²) in [6.45, 7) is 7.01. The molecular formula is C24H33ClN6OS. The molecule has 0 spiro atoms. The SMILES string of the molecule is CSNc1cc(Cl)ccc1CN1CCN(C(=O)C2CCN(Cc3ccnc(N)c3)CC2)CC1. The van der Waals surface area contributed by atoms with E-state index in [-0.39, 0.29) is 5.92 Å². The van der Waals surface area contributed by atoms with Gasteiger partial charge in [0.15, 0.2) is 0 Å². The molecule has 2 fully saturated rings. The van der Waals surface area contributed by atoms with Gasteiger partial charge in [0.25, 0.3) is 0 Å². The second-order valence-electron chi connectivity index (χ2n) is 8.85. The third kappa shape index (κ3) is 6.53. The number of anilines is 2. The number of piperazine rings is 1. The largest absolute Gasteiger partial charge is 0.384 e. The van der Waals surface area contributed by atoms with Crippen LogP contribution >= 0.6 is 23.5 Å². The Labute approximate surface area is 205 Å². The molecule has 2 aromatic rings. The van der Waals surface area contributed by atoms with Crippen LogP contribution in [0.15, 0.2) is 36.5 Å². The molecule has 2 aliphatic heterocycles. The monoisotopic (exact) mass is 488 g/mol. The highest BCUT2D eigenvalue weighted by Crippen LogP contribution is 2.26. The van der Waals surface area contributed by atoms with Gasteiger partial charge in [-0.25, -0.2) is 4.98 Å². The molecular weight excluding hydrogens is 456 g/mol. The predicted molar refractivity (Wildman–Crippen MR) is 137 cm³/mol. The zero-order valence-electron chi connectivity index (χ0n) is 19.2. The van der Waals surface area contributed by atoms with Crippen LogP contribution in [0.25, 0.3) is 0 Å². The first-order valence-corrected chi connectivity index (χ1v) is 13.1. The smallest absolute Gasteiger partial charge is 0.225 e. The second kappa shape index (κ2) is 11.4. The molecule has 0 bridgehead atoms. The maximum absolute atomic E-state index is 13.1. The van der Waals surface area contributed by atoms with Crippen LogP contribution in [0.4, 0.5) is 11.5 Å². The van der Waals surface area contributed by atoms with E-state index < -0.39 is 0 Å². The van der Waals surface area contributed by atoms with Gasteiger partial charge in [-0.15, -0.1) is 0 Å². The number of rotatable bonds is 7. The molecule has 3 heterocycles. The molecule has 0 radical (unpaired) electrons. The minimum atomic E-state index is 0.143. The van der Waals surface area contributed by atoms with Gasteiger partial charge >= 0.3 is 0 Å². The van der Waals surface area contributed by atoms with Crippen LogP contribution in [0.3, 0.4) is 0 Å². The highest BCUT2D eigenvalue weighted by Gasteiger charge is 2.30. The van der Waals surface area contributed by atoms with E-state index in [0.717, 1.165) is 75.9 Å². The van der Waals surface area contributed by atoms with E-state index in [9.17, 15) is 4.79 Å². The number of halogens is 1. The van der Waals surface area contributed by atoms with E-state index in [1.807, 2.05) is 30.5 Å². The zero-order valence-corrected chi connectivity index (χ0v) is 20.7. The fraction of sp³-hybridized carbons (Fsp3) is 0.500. The fourth-order valence-corrected chi connectivity index (χ4v) is 5.29. The number of nitrogen functional groups attached to an aromatic ring is 1. The van der Waals surface area contributed by atoms with Crippen molar-refractivity contribution in [3.63, 3.8) is 0 Å². The molecule has 4 rings (SSSR count). The number of amides is 1. The van der Waals surface area contributed by atoms with E-state index in [0.29, 0.717) is 11.7 Å². The minimum absolute atomic E-state index is 0.143. The van der Waals surface area contributed by atoms with Gasteiger partial charge in [-0.05, 0) is 61.3 Å². The summed E-state index contributed by atoms with van der Waals surface area (Å²) in [5, 5.41) is 0.738. The first-order valence-electron chi connectivity index (χ1n) is 11.5. The van der Waals surface area contributed by atoms with Crippen LogP contribution in [0, 0.1) is 5.92 Å². The van der Waals surface area contributed by atoms with Crippen molar-refractivity contribution in [2.45, 2.75) is 25.9 Å². The number of likely N-dealkylation sites (tertiary alicyclic amines) is 1. The summed E-state index contributed by atoms with van der Waals surface area (Å²) in [6.07, 6.45) is 5.62.